The molecule has 8 heteroatoms. The fraction of sp³-hybridized carbons (Fsp3) is 0.762. The van der Waals surface area contributed by atoms with Crippen LogP contribution in [-0.2, 0) is 18.4 Å². The van der Waals surface area contributed by atoms with E-state index in [4.69, 9.17) is 0 Å². The number of carbonyl (C=O) groups is 2. The number of amides is 3. The lowest BCUT2D eigenvalue weighted by atomic mass is 9.60. The first-order valence-electron chi connectivity index (χ1n) is 10.8. The number of fused-ring (bicyclic) bond motifs is 1. The quantitative estimate of drug-likeness (QED) is 0.763. The van der Waals surface area contributed by atoms with Crippen molar-refractivity contribution in [1.29, 1.82) is 0 Å². The Bertz CT molecular complexity index is 782. The maximum atomic E-state index is 13.5. The Hall–Kier alpha value is -2.09. The zero-order valence-corrected chi connectivity index (χ0v) is 18.2. The summed E-state index contributed by atoms with van der Waals surface area (Å²) in [5, 5.41) is 4.28. The number of aryl methyl sites for hydroxylation is 1. The number of hydrogen-bond acceptors (Lipinski definition) is 4. The summed E-state index contributed by atoms with van der Waals surface area (Å²) < 4.78 is 1.84. The van der Waals surface area contributed by atoms with Gasteiger partial charge in [-0.25, -0.2) is 4.79 Å². The van der Waals surface area contributed by atoms with Gasteiger partial charge in [0.2, 0.25) is 5.91 Å². The van der Waals surface area contributed by atoms with Gasteiger partial charge < -0.3 is 14.7 Å². The Morgan fingerprint density at radius 3 is 2.45 bits per heavy atom. The first kappa shape index (κ1) is 20.2. The minimum absolute atomic E-state index is 0.0294. The highest BCUT2D eigenvalue weighted by molar-refractivity contribution is 5.88. The molecule has 3 fully saturated rings. The Labute approximate surface area is 173 Å². The molecule has 160 valence electrons. The van der Waals surface area contributed by atoms with Gasteiger partial charge in [-0.05, 0) is 39.3 Å². The highest BCUT2D eigenvalue weighted by Crippen LogP contribution is 2.58. The third kappa shape index (κ3) is 3.21. The second-order valence-corrected chi connectivity index (χ2v) is 9.33. The molecule has 3 saturated heterocycles. The van der Waals surface area contributed by atoms with Crippen molar-refractivity contribution in [2.45, 2.75) is 32.7 Å². The van der Waals surface area contributed by atoms with E-state index < -0.39 is 5.41 Å². The minimum atomic E-state index is -0.408. The Morgan fingerprint density at radius 2 is 1.90 bits per heavy atom. The maximum absolute atomic E-state index is 13.5. The van der Waals surface area contributed by atoms with Crippen LogP contribution < -0.4 is 0 Å². The number of aromatic nitrogens is 2. The molecule has 0 bridgehead atoms. The Balaban J connectivity index is 1.55. The second-order valence-electron chi connectivity index (χ2n) is 9.33. The van der Waals surface area contributed by atoms with Crippen molar-refractivity contribution in [3.8, 4) is 0 Å². The van der Waals surface area contributed by atoms with Gasteiger partial charge in [-0.1, -0.05) is 0 Å². The molecule has 0 N–H and O–H groups in total. The average molecular weight is 403 g/mol. The zero-order chi connectivity index (χ0) is 20.8. The molecule has 4 heterocycles. The molecule has 29 heavy (non-hydrogen) atoms. The van der Waals surface area contributed by atoms with E-state index in [0.29, 0.717) is 13.1 Å². The Morgan fingerprint density at radius 1 is 1.17 bits per heavy atom. The summed E-state index contributed by atoms with van der Waals surface area (Å²) in [6.45, 7) is 7.71. The van der Waals surface area contributed by atoms with Gasteiger partial charge in [-0.2, -0.15) is 5.10 Å². The molecule has 2 spiro atoms. The zero-order valence-electron chi connectivity index (χ0n) is 18.2. The van der Waals surface area contributed by atoms with E-state index in [1.807, 2.05) is 27.7 Å². The summed E-state index contributed by atoms with van der Waals surface area (Å²) in [7, 11) is 5.54. The van der Waals surface area contributed by atoms with Crippen molar-refractivity contribution >= 4 is 11.9 Å². The van der Waals surface area contributed by atoms with Gasteiger partial charge in [-0.15, -0.1) is 0 Å². The summed E-state index contributed by atoms with van der Waals surface area (Å²) in [4.78, 5) is 34.3. The van der Waals surface area contributed by atoms with E-state index in [0.717, 1.165) is 52.0 Å². The van der Waals surface area contributed by atoms with Crippen molar-refractivity contribution in [1.82, 2.24) is 29.4 Å². The molecule has 3 aliphatic heterocycles. The predicted molar refractivity (Wildman–Crippen MR) is 110 cm³/mol. The number of urea groups is 1. The second kappa shape index (κ2) is 7.31. The molecule has 0 radical (unpaired) electrons. The van der Waals surface area contributed by atoms with Gasteiger partial charge in [0.1, 0.15) is 0 Å². The van der Waals surface area contributed by atoms with E-state index in [-0.39, 0.29) is 17.4 Å². The van der Waals surface area contributed by atoms with Crippen LogP contribution in [0.4, 0.5) is 4.79 Å². The highest BCUT2D eigenvalue weighted by atomic mass is 16.2. The van der Waals surface area contributed by atoms with Crippen LogP contribution in [0.2, 0.25) is 0 Å². The molecule has 3 aliphatic rings. The molecule has 0 aromatic carbocycles. The predicted octanol–water partition coefficient (Wildman–Crippen LogP) is 1.24. The van der Waals surface area contributed by atoms with Crippen LogP contribution >= 0.6 is 0 Å². The molecule has 0 saturated carbocycles. The average Bonchev–Trinajstić information content (AvgIpc) is 3.35. The van der Waals surface area contributed by atoms with Crippen LogP contribution in [0, 0.1) is 10.8 Å². The van der Waals surface area contributed by atoms with Crippen molar-refractivity contribution in [3.05, 3.63) is 18.0 Å². The number of piperidine rings is 1. The van der Waals surface area contributed by atoms with Gasteiger partial charge in [0.25, 0.3) is 0 Å². The van der Waals surface area contributed by atoms with Crippen molar-refractivity contribution in [2.75, 3.05) is 53.4 Å². The first-order chi connectivity index (χ1) is 13.8. The normalized spacial score (nSPS) is 26.8. The molecule has 4 rings (SSSR count). The number of nitrogens with zero attached hydrogens (tertiary/aromatic N) is 6. The SMILES string of the molecule is CCN1CCC2(CN(C(=O)N(C)C)CC23CCN(Cc2cnn(C)c2)CC3)C1=O. The van der Waals surface area contributed by atoms with E-state index in [2.05, 4.69) is 23.1 Å². The Kier molecular flexibility index (Phi) is 5.09. The topological polar surface area (TPSA) is 64.9 Å². The van der Waals surface area contributed by atoms with Crippen LogP contribution in [0.1, 0.15) is 31.7 Å². The molecule has 0 aliphatic carbocycles. The van der Waals surface area contributed by atoms with Crippen molar-refractivity contribution < 1.29 is 9.59 Å². The summed E-state index contributed by atoms with van der Waals surface area (Å²) in [6.07, 6.45) is 6.80. The summed E-state index contributed by atoms with van der Waals surface area (Å²) >= 11 is 0. The fourth-order valence-electron chi connectivity index (χ4n) is 5.85. The summed E-state index contributed by atoms with van der Waals surface area (Å²) in [6, 6.07) is 0.0294. The van der Waals surface area contributed by atoms with E-state index in [9.17, 15) is 9.59 Å². The summed E-state index contributed by atoms with van der Waals surface area (Å²) in [5.41, 5.74) is 0.711. The fourth-order valence-corrected chi connectivity index (χ4v) is 5.85. The monoisotopic (exact) mass is 402 g/mol. The molecule has 1 aromatic rings. The molecular weight excluding hydrogens is 368 g/mol. The van der Waals surface area contributed by atoms with E-state index >= 15 is 0 Å². The van der Waals surface area contributed by atoms with Crippen LogP contribution in [-0.4, -0.2) is 94.7 Å². The van der Waals surface area contributed by atoms with Crippen LogP contribution in [0.15, 0.2) is 12.4 Å². The van der Waals surface area contributed by atoms with Crippen LogP contribution in [0.3, 0.4) is 0 Å². The van der Waals surface area contributed by atoms with Crippen LogP contribution in [0.5, 0.6) is 0 Å². The third-order valence-electron chi connectivity index (χ3n) is 7.49. The number of carbonyl (C=O) groups excluding carboxylic acids is 2. The lowest BCUT2D eigenvalue weighted by Crippen LogP contribution is -2.52. The van der Waals surface area contributed by atoms with Crippen LogP contribution in [0.25, 0.3) is 0 Å². The highest BCUT2D eigenvalue weighted by Gasteiger charge is 2.65. The lowest BCUT2D eigenvalue weighted by molar-refractivity contribution is -0.142. The van der Waals surface area contributed by atoms with Gasteiger partial charge >= 0.3 is 6.03 Å². The number of likely N-dealkylation sites (tertiary alicyclic amines) is 3. The van der Waals surface area contributed by atoms with Gasteiger partial charge in [-0.3, -0.25) is 14.4 Å². The van der Waals surface area contributed by atoms with Crippen molar-refractivity contribution in [3.63, 3.8) is 0 Å². The largest absolute Gasteiger partial charge is 0.342 e. The standard InChI is InChI=1S/C21H34N6O2/c1-5-26-11-8-21(18(26)28)16-27(19(29)23(2)3)15-20(21)6-9-25(10-7-20)14-17-12-22-24(4)13-17/h12-13H,5-11,14-16H2,1-4H3. The number of rotatable bonds is 3. The molecule has 3 amide bonds. The van der Waals surface area contributed by atoms with Gasteiger partial charge in [0, 0.05) is 71.0 Å². The first-order valence-corrected chi connectivity index (χ1v) is 10.8. The van der Waals surface area contributed by atoms with E-state index in [1.54, 1.807) is 19.0 Å². The number of hydrogen-bond donors (Lipinski definition) is 0. The third-order valence-corrected chi connectivity index (χ3v) is 7.49. The molecule has 1 atom stereocenters. The smallest absolute Gasteiger partial charge is 0.319 e. The van der Waals surface area contributed by atoms with Crippen molar-refractivity contribution in [2.24, 2.45) is 17.9 Å². The maximum Gasteiger partial charge on any atom is 0.319 e. The summed E-state index contributed by atoms with van der Waals surface area (Å²) in [5.74, 6) is 0.273. The molecule has 1 unspecified atom stereocenters. The van der Waals surface area contributed by atoms with E-state index in [1.165, 1.54) is 5.56 Å². The van der Waals surface area contributed by atoms with Gasteiger partial charge in [0.05, 0.1) is 11.6 Å². The minimum Gasteiger partial charge on any atom is -0.342 e. The molecule has 8 nitrogen and oxygen atoms in total. The molecule has 1 aromatic heterocycles. The van der Waals surface area contributed by atoms with Gasteiger partial charge in [0.15, 0.2) is 0 Å². The molecular formula is C21H34N6O2. The lowest BCUT2D eigenvalue weighted by Gasteiger charge is -2.46.